The quantitative estimate of drug-likeness (QED) is 0.830. The lowest BCUT2D eigenvalue weighted by Gasteiger charge is -2.14. The maximum atomic E-state index is 13.4. The number of nitrogens with one attached hydrogen (secondary N) is 1. The molecule has 0 aromatic heterocycles. The monoisotopic (exact) mass is 299 g/mol. The lowest BCUT2D eigenvalue weighted by atomic mass is 10.1. The van der Waals surface area contributed by atoms with Crippen LogP contribution in [0.1, 0.15) is 11.1 Å². The molecule has 0 spiro atoms. The standard InChI is InChI=1S/C15H13F4NO/c1-10-6-7-11(8-12(10)16)9-20-13-4-2-3-5-14(13)21-15(17,18)19/h2-8,20H,9H2,1H3. The first-order valence-electron chi connectivity index (χ1n) is 6.19. The summed E-state index contributed by atoms with van der Waals surface area (Å²) in [6, 6.07) is 10.4. The van der Waals surface area contributed by atoms with Gasteiger partial charge in [-0.1, -0.05) is 24.3 Å². The van der Waals surface area contributed by atoms with Crippen LogP contribution in [0, 0.1) is 12.7 Å². The van der Waals surface area contributed by atoms with Crippen LogP contribution in [0.5, 0.6) is 5.75 Å². The number of anilines is 1. The molecule has 0 heterocycles. The lowest BCUT2D eigenvalue weighted by Crippen LogP contribution is -2.18. The smallest absolute Gasteiger partial charge is 0.404 e. The highest BCUT2D eigenvalue weighted by atomic mass is 19.4. The van der Waals surface area contributed by atoms with E-state index in [1.54, 1.807) is 25.1 Å². The van der Waals surface area contributed by atoms with Crippen molar-refractivity contribution >= 4 is 5.69 Å². The van der Waals surface area contributed by atoms with Crippen molar-refractivity contribution < 1.29 is 22.3 Å². The zero-order valence-electron chi connectivity index (χ0n) is 11.2. The third-order valence-corrected chi connectivity index (χ3v) is 2.83. The fourth-order valence-corrected chi connectivity index (χ4v) is 1.77. The molecule has 0 saturated carbocycles. The van der Waals surface area contributed by atoms with E-state index in [2.05, 4.69) is 10.1 Å². The number of ether oxygens (including phenoxy) is 1. The summed E-state index contributed by atoms with van der Waals surface area (Å²) < 4.78 is 54.2. The molecule has 1 N–H and O–H groups in total. The van der Waals surface area contributed by atoms with Gasteiger partial charge in [-0.05, 0) is 36.2 Å². The normalized spacial score (nSPS) is 11.3. The van der Waals surface area contributed by atoms with Crippen molar-refractivity contribution in [3.05, 3.63) is 59.4 Å². The Hall–Kier alpha value is -2.24. The summed E-state index contributed by atoms with van der Waals surface area (Å²) in [5.74, 6) is -0.674. The van der Waals surface area contributed by atoms with Crippen LogP contribution in [-0.2, 0) is 6.54 Å². The fourth-order valence-electron chi connectivity index (χ4n) is 1.77. The molecular weight excluding hydrogens is 286 g/mol. The first-order chi connectivity index (χ1) is 9.85. The predicted octanol–water partition coefficient (Wildman–Crippen LogP) is 4.64. The van der Waals surface area contributed by atoms with Crippen molar-refractivity contribution in [3.63, 3.8) is 0 Å². The van der Waals surface area contributed by atoms with E-state index in [4.69, 9.17) is 0 Å². The van der Waals surface area contributed by atoms with Crippen LogP contribution in [0.3, 0.4) is 0 Å². The summed E-state index contributed by atoms with van der Waals surface area (Å²) >= 11 is 0. The second kappa shape index (κ2) is 6.03. The predicted molar refractivity (Wildman–Crippen MR) is 71.6 cm³/mol. The first-order valence-corrected chi connectivity index (χ1v) is 6.19. The number of halogens is 4. The third-order valence-electron chi connectivity index (χ3n) is 2.83. The third kappa shape index (κ3) is 4.37. The Morgan fingerprint density at radius 1 is 1.10 bits per heavy atom. The molecule has 0 amide bonds. The van der Waals surface area contributed by atoms with E-state index < -0.39 is 6.36 Å². The van der Waals surface area contributed by atoms with Gasteiger partial charge in [0.1, 0.15) is 5.82 Å². The minimum atomic E-state index is -4.76. The zero-order chi connectivity index (χ0) is 15.5. The molecule has 0 atom stereocenters. The number of rotatable bonds is 4. The number of aryl methyl sites for hydroxylation is 1. The summed E-state index contributed by atoms with van der Waals surface area (Å²) in [6.07, 6.45) is -4.76. The van der Waals surface area contributed by atoms with Gasteiger partial charge in [-0.2, -0.15) is 0 Å². The van der Waals surface area contributed by atoms with Gasteiger partial charge in [0.2, 0.25) is 0 Å². The molecule has 0 unspecified atom stereocenters. The van der Waals surface area contributed by atoms with Gasteiger partial charge >= 0.3 is 6.36 Å². The van der Waals surface area contributed by atoms with Crippen LogP contribution in [0.4, 0.5) is 23.2 Å². The van der Waals surface area contributed by atoms with E-state index in [-0.39, 0.29) is 23.8 Å². The minimum absolute atomic E-state index is 0.190. The van der Waals surface area contributed by atoms with E-state index in [1.807, 2.05) is 0 Å². The highest BCUT2D eigenvalue weighted by Crippen LogP contribution is 2.30. The van der Waals surface area contributed by atoms with Gasteiger partial charge in [0, 0.05) is 6.54 Å². The van der Waals surface area contributed by atoms with E-state index in [0.29, 0.717) is 11.1 Å². The first kappa shape index (κ1) is 15.2. The van der Waals surface area contributed by atoms with Gasteiger partial charge in [0.15, 0.2) is 5.75 Å². The number of benzene rings is 2. The lowest BCUT2D eigenvalue weighted by molar-refractivity contribution is -0.274. The highest BCUT2D eigenvalue weighted by Gasteiger charge is 2.32. The van der Waals surface area contributed by atoms with Crippen LogP contribution < -0.4 is 10.1 Å². The Balaban J connectivity index is 2.11. The van der Waals surface area contributed by atoms with Crippen LogP contribution in [0.25, 0.3) is 0 Å². The topological polar surface area (TPSA) is 21.3 Å². The molecule has 0 fully saturated rings. The molecule has 0 saturated heterocycles. The van der Waals surface area contributed by atoms with Gasteiger partial charge in [0.05, 0.1) is 5.69 Å². The van der Waals surface area contributed by atoms with Crippen LogP contribution >= 0.6 is 0 Å². The van der Waals surface area contributed by atoms with Crippen molar-refractivity contribution in [3.8, 4) is 5.75 Å². The molecule has 6 heteroatoms. The van der Waals surface area contributed by atoms with Crippen LogP contribution in [0.15, 0.2) is 42.5 Å². The molecule has 2 aromatic carbocycles. The Morgan fingerprint density at radius 3 is 2.48 bits per heavy atom. The average molecular weight is 299 g/mol. The van der Waals surface area contributed by atoms with Gasteiger partial charge in [-0.15, -0.1) is 13.2 Å². The van der Waals surface area contributed by atoms with Crippen molar-refractivity contribution in [1.82, 2.24) is 0 Å². The summed E-state index contributed by atoms with van der Waals surface area (Å²) in [5.41, 5.74) is 1.33. The number of alkyl halides is 3. The second-order valence-corrected chi connectivity index (χ2v) is 4.48. The SMILES string of the molecule is Cc1ccc(CNc2ccccc2OC(F)(F)F)cc1F. The van der Waals surface area contributed by atoms with Crippen LogP contribution in [-0.4, -0.2) is 6.36 Å². The summed E-state index contributed by atoms with van der Waals surface area (Å²) in [7, 11) is 0. The number of hydrogen-bond acceptors (Lipinski definition) is 2. The second-order valence-electron chi connectivity index (χ2n) is 4.48. The Morgan fingerprint density at radius 2 is 1.81 bits per heavy atom. The molecule has 2 rings (SSSR count). The van der Waals surface area contributed by atoms with Crippen molar-refractivity contribution in [2.45, 2.75) is 19.8 Å². The van der Waals surface area contributed by atoms with Gasteiger partial charge in [-0.25, -0.2) is 4.39 Å². The summed E-state index contributed by atoms with van der Waals surface area (Å²) in [4.78, 5) is 0. The number of hydrogen-bond donors (Lipinski definition) is 1. The molecule has 2 aromatic rings. The molecule has 2 nitrogen and oxygen atoms in total. The molecule has 0 aliphatic heterocycles. The molecule has 0 aliphatic carbocycles. The van der Waals surface area contributed by atoms with E-state index in [0.717, 1.165) is 0 Å². The molecule has 21 heavy (non-hydrogen) atoms. The summed E-state index contributed by atoms with van der Waals surface area (Å²) in [5, 5.41) is 2.81. The maximum absolute atomic E-state index is 13.4. The van der Waals surface area contributed by atoms with Gasteiger partial charge in [0.25, 0.3) is 0 Å². The maximum Gasteiger partial charge on any atom is 0.573 e. The van der Waals surface area contributed by atoms with Crippen molar-refractivity contribution in [2.24, 2.45) is 0 Å². The molecule has 0 aliphatic rings. The van der Waals surface area contributed by atoms with E-state index >= 15 is 0 Å². The van der Waals surface area contributed by atoms with Gasteiger partial charge in [-0.3, -0.25) is 0 Å². The Kier molecular flexibility index (Phi) is 4.35. The Bertz CT molecular complexity index is 625. The van der Waals surface area contributed by atoms with E-state index in [1.165, 1.54) is 24.3 Å². The van der Waals surface area contributed by atoms with Crippen LogP contribution in [0.2, 0.25) is 0 Å². The molecule has 112 valence electrons. The Labute approximate surface area is 119 Å². The van der Waals surface area contributed by atoms with E-state index in [9.17, 15) is 17.6 Å². The molecule has 0 bridgehead atoms. The average Bonchev–Trinajstić information content (AvgIpc) is 2.40. The molecular formula is C15H13F4NO. The minimum Gasteiger partial charge on any atom is -0.404 e. The van der Waals surface area contributed by atoms with Gasteiger partial charge < -0.3 is 10.1 Å². The highest BCUT2D eigenvalue weighted by molar-refractivity contribution is 5.56. The zero-order valence-corrected chi connectivity index (χ0v) is 11.2. The fraction of sp³-hybridized carbons (Fsp3) is 0.200. The summed E-state index contributed by atoms with van der Waals surface area (Å²) in [6.45, 7) is 1.83. The molecule has 0 radical (unpaired) electrons. The van der Waals surface area contributed by atoms with Crippen molar-refractivity contribution in [2.75, 3.05) is 5.32 Å². The van der Waals surface area contributed by atoms with Crippen molar-refractivity contribution in [1.29, 1.82) is 0 Å². The number of para-hydroxylation sites is 2. The largest absolute Gasteiger partial charge is 0.573 e.